The topological polar surface area (TPSA) is 3.88 Å². The monoisotopic (exact) mass is 383 g/mol. The Kier molecular flexibility index (Phi) is 3.93. The summed E-state index contributed by atoms with van der Waals surface area (Å²) in [5.41, 5.74) is 6.66. The molecule has 0 amide bonds. The van der Waals surface area contributed by atoms with Crippen LogP contribution in [-0.4, -0.2) is 0 Å². The third-order valence-electron chi connectivity index (χ3n) is 5.71. The highest BCUT2D eigenvalue weighted by Crippen LogP contribution is 2.32. The Hall–Kier alpha value is -2.93. The number of pyridine rings is 1. The lowest BCUT2D eigenvalue weighted by molar-refractivity contribution is -0.660. The van der Waals surface area contributed by atoms with Crippen LogP contribution in [0.15, 0.2) is 72.9 Å². The Morgan fingerprint density at radius 1 is 0.793 bits per heavy atom. The van der Waals surface area contributed by atoms with E-state index in [0.29, 0.717) is 5.56 Å². The summed E-state index contributed by atoms with van der Waals surface area (Å²) in [5, 5.41) is 2.27. The molecule has 146 valence electrons. The standard InChI is InChI=1S/C28H30N/c1-19-9-7-8-10-25(19)27-17-26(20(2)18-29(27)6)23-12-11-22-16-24(28(3,4)5)14-13-21(22)15-23/h7-18H,1-6H3/q+1/i2D3. The van der Waals surface area contributed by atoms with Crippen LogP contribution < -0.4 is 4.57 Å². The number of aromatic nitrogens is 1. The summed E-state index contributed by atoms with van der Waals surface area (Å²) in [5.74, 6) is 0. The molecule has 0 N–H and O–H groups in total. The van der Waals surface area contributed by atoms with Gasteiger partial charge in [0, 0.05) is 21.3 Å². The first-order valence-electron chi connectivity index (χ1n) is 11.6. The molecule has 0 bridgehead atoms. The second-order valence-electron chi connectivity index (χ2n) is 8.94. The summed E-state index contributed by atoms with van der Waals surface area (Å²) >= 11 is 0. The normalized spacial score (nSPS) is 13.8. The fourth-order valence-corrected chi connectivity index (χ4v) is 3.90. The molecule has 0 saturated carbocycles. The van der Waals surface area contributed by atoms with Crippen LogP contribution in [0.4, 0.5) is 0 Å². The van der Waals surface area contributed by atoms with Gasteiger partial charge in [0.25, 0.3) is 0 Å². The summed E-state index contributed by atoms with van der Waals surface area (Å²) in [4.78, 5) is 0. The predicted molar refractivity (Wildman–Crippen MR) is 124 cm³/mol. The minimum atomic E-state index is -2.21. The van der Waals surface area contributed by atoms with Crippen molar-refractivity contribution in [3.8, 4) is 22.4 Å². The van der Waals surface area contributed by atoms with Gasteiger partial charge in [-0.25, -0.2) is 4.57 Å². The van der Waals surface area contributed by atoms with Crippen molar-refractivity contribution in [2.24, 2.45) is 7.05 Å². The second-order valence-corrected chi connectivity index (χ2v) is 8.94. The van der Waals surface area contributed by atoms with Gasteiger partial charge in [-0.1, -0.05) is 69.3 Å². The quantitative estimate of drug-likeness (QED) is 0.331. The summed E-state index contributed by atoms with van der Waals surface area (Å²) in [6.45, 7) is 6.50. The smallest absolute Gasteiger partial charge is 0.201 e. The van der Waals surface area contributed by atoms with Crippen molar-refractivity contribution in [3.05, 3.63) is 89.6 Å². The van der Waals surface area contributed by atoms with Gasteiger partial charge in [-0.3, -0.25) is 0 Å². The van der Waals surface area contributed by atoms with Crippen molar-refractivity contribution in [1.82, 2.24) is 0 Å². The Balaban J connectivity index is 1.94. The summed E-state index contributed by atoms with van der Waals surface area (Å²) in [6, 6.07) is 23.0. The summed E-state index contributed by atoms with van der Waals surface area (Å²) in [6.07, 6.45) is 1.76. The molecule has 4 aromatic rings. The predicted octanol–water partition coefficient (Wildman–Crippen LogP) is 6.91. The first-order valence-corrected chi connectivity index (χ1v) is 10.1. The maximum atomic E-state index is 8.16. The van der Waals surface area contributed by atoms with Crippen molar-refractivity contribution in [1.29, 1.82) is 0 Å². The number of hydrogen-bond donors (Lipinski definition) is 0. The molecule has 29 heavy (non-hydrogen) atoms. The Morgan fingerprint density at radius 3 is 2.24 bits per heavy atom. The Labute approximate surface area is 178 Å². The van der Waals surface area contributed by atoms with Crippen molar-refractivity contribution >= 4 is 10.8 Å². The molecule has 1 nitrogen and oxygen atoms in total. The number of hydrogen-bond acceptors (Lipinski definition) is 0. The average Bonchev–Trinajstić information content (AvgIpc) is 2.72. The SMILES string of the molecule is [2H]C([2H])([2H])c1c[n+](C)c(-c2ccccc2C)cc1-c1ccc2cc(C(C)(C)C)ccc2c1. The second kappa shape index (κ2) is 7.15. The van der Waals surface area contributed by atoms with Gasteiger partial charge in [0.2, 0.25) is 5.69 Å². The van der Waals surface area contributed by atoms with E-state index in [-0.39, 0.29) is 5.41 Å². The number of nitrogens with zero attached hydrogens (tertiary/aromatic N) is 1. The third-order valence-corrected chi connectivity index (χ3v) is 5.71. The van der Waals surface area contributed by atoms with Crippen LogP contribution >= 0.6 is 0 Å². The van der Waals surface area contributed by atoms with Crippen LogP contribution in [0.3, 0.4) is 0 Å². The maximum Gasteiger partial charge on any atom is 0.213 e. The lowest BCUT2D eigenvalue weighted by atomic mass is 9.85. The lowest BCUT2D eigenvalue weighted by Gasteiger charge is -2.19. The molecule has 0 radical (unpaired) electrons. The third kappa shape index (κ3) is 3.70. The van der Waals surface area contributed by atoms with Gasteiger partial charge in [0.1, 0.15) is 7.05 Å². The molecule has 0 aliphatic heterocycles. The molecule has 1 aromatic heterocycles. The molecule has 0 unspecified atom stereocenters. The van der Waals surface area contributed by atoms with Crippen LogP contribution in [0, 0.1) is 13.8 Å². The van der Waals surface area contributed by atoms with E-state index in [1.165, 1.54) is 5.56 Å². The summed E-state index contributed by atoms with van der Waals surface area (Å²) in [7, 11) is 1.91. The zero-order valence-electron chi connectivity index (χ0n) is 20.9. The molecule has 1 heterocycles. The molecule has 0 fully saturated rings. The van der Waals surface area contributed by atoms with Crippen molar-refractivity contribution in [2.75, 3.05) is 0 Å². The van der Waals surface area contributed by atoms with Crippen molar-refractivity contribution in [2.45, 2.75) is 40.0 Å². The summed E-state index contributed by atoms with van der Waals surface area (Å²) < 4.78 is 26.4. The van der Waals surface area contributed by atoms with Crippen molar-refractivity contribution < 1.29 is 8.68 Å². The van der Waals surface area contributed by atoms with E-state index in [1.54, 1.807) is 6.20 Å². The highest BCUT2D eigenvalue weighted by molar-refractivity contribution is 5.89. The van der Waals surface area contributed by atoms with Gasteiger partial charge in [0.05, 0.1) is 0 Å². The Morgan fingerprint density at radius 2 is 1.52 bits per heavy atom. The van der Waals surface area contributed by atoms with Gasteiger partial charge in [-0.2, -0.15) is 0 Å². The zero-order valence-corrected chi connectivity index (χ0v) is 17.9. The van der Waals surface area contributed by atoms with Gasteiger partial charge in [0.15, 0.2) is 6.20 Å². The molecule has 3 aromatic carbocycles. The van der Waals surface area contributed by atoms with E-state index < -0.39 is 6.85 Å². The highest BCUT2D eigenvalue weighted by Gasteiger charge is 2.17. The van der Waals surface area contributed by atoms with Crippen LogP contribution in [-0.2, 0) is 12.5 Å². The van der Waals surface area contributed by atoms with E-state index in [4.69, 9.17) is 4.11 Å². The van der Waals surface area contributed by atoms with Crippen molar-refractivity contribution in [3.63, 3.8) is 0 Å². The van der Waals surface area contributed by atoms with Crippen LogP contribution in [0.1, 0.15) is 41.6 Å². The molecular weight excluding hydrogens is 350 g/mol. The largest absolute Gasteiger partial charge is 0.213 e. The number of rotatable bonds is 2. The average molecular weight is 384 g/mol. The van der Waals surface area contributed by atoms with E-state index in [0.717, 1.165) is 38.7 Å². The highest BCUT2D eigenvalue weighted by atomic mass is 14.9. The van der Waals surface area contributed by atoms with Gasteiger partial charge in [-0.05, 0) is 64.3 Å². The first-order chi connectivity index (χ1) is 14.9. The number of aryl methyl sites for hydroxylation is 3. The van der Waals surface area contributed by atoms with E-state index in [9.17, 15) is 0 Å². The molecule has 0 aliphatic rings. The first kappa shape index (κ1) is 15.9. The number of benzene rings is 3. The van der Waals surface area contributed by atoms with Gasteiger partial charge in [-0.15, -0.1) is 0 Å². The van der Waals surface area contributed by atoms with E-state index >= 15 is 0 Å². The fourth-order valence-electron chi connectivity index (χ4n) is 3.90. The van der Waals surface area contributed by atoms with Crippen LogP contribution in [0.25, 0.3) is 33.2 Å². The molecule has 0 spiro atoms. The molecule has 0 saturated heterocycles. The fraction of sp³-hybridized carbons (Fsp3) is 0.250. The van der Waals surface area contributed by atoms with Gasteiger partial charge >= 0.3 is 0 Å². The minimum absolute atomic E-state index is 0.0813. The van der Waals surface area contributed by atoms with Crippen LogP contribution in [0.2, 0.25) is 0 Å². The molecule has 4 rings (SSSR count). The Bertz CT molecular complexity index is 1310. The molecule has 0 aliphatic carbocycles. The maximum absolute atomic E-state index is 8.16. The van der Waals surface area contributed by atoms with Crippen LogP contribution in [0.5, 0.6) is 0 Å². The molecular formula is C28H30N+. The van der Waals surface area contributed by atoms with E-state index in [1.807, 2.05) is 35.9 Å². The molecule has 1 heteroatoms. The molecule has 0 atom stereocenters. The van der Waals surface area contributed by atoms with Gasteiger partial charge < -0.3 is 0 Å². The van der Waals surface area contributed by atoms with E-state index in [2.05, 4.69) is 70.2 Å². The zero-order chi connectivity index (χ0) is 23.3. The lowest BCUT2D eigenvalue weighted by Crippen LogP contribution is -2.31. The number of fused-ring (bicyclic) bond motifs is 1. The minimum Gasteiger partial charge on any atom is -0.201 e.